The lowest BCUT2D eigenvalue weighted by atomic mass is 10.2. The molecule has 4 aromatic carbocycles. The quantitative estimate of drug-likeness (QED) is 0.391. The van der Waals surface area contributed by atoms with Gasteiger partial charge in [-0.25, -0.2) is 0 Å². The van der Waals surface area contributed by atoms with Gasteiger partial charge in [-0.15, -0.1) is 0 Å². The molecule has 0 aromatic heterocycles. The molecule has 26 heavy (non-hydrogen) atoms. The number of anilines is 3. The molecule has 0 radical (unpaired) electrons. The first-order valence-electron chi connectivity index (χ1n) is 8.64. The highest BCUT2D eigenvalue weighted by Gasteiger charge is 2.16. The molecule has 0 aliphatic carbocycles. The summed E-state index contributed by atoms with van der Waals surface area (Å²) < 4.78 is 6.19. The highest BCUT2D eigenvalue weighted by atomic mass is 16.5. The van der Waals surface area contributed by atoms with Gasteiger partial charge in [0.25, 0.3) is 0 Å². The standard InChI is InChI=1S/C24H19NO/c1-4-12-20(13-5-1)25(21-14-6-2-7-15-21)23-18-10-11-19-24(23)26-22-16-8-3-9-17-22/h1-19H. The number of para-hydroxylation sites is 5. The molecule has 126 valence electrons. The highest BCUT2D eigenvalue weighted by molar-refractivity contribution is 5.80. The summed E-state index contributed by atoms with van der Waals surface area (Å²) in [5, 5.41) is 0. The summed E-state index contributed by atoms with van der Waals surface area (Å²) in [6.45, 7) is 0. The Morgan fingerprint density at radius 1 is 0.462 bits per heavy atom. The van der Waals surface area contributed by atoms with Gasteiger partial charge in [0.1, 0.15) is 5.75 Å². The minimum Gasteiger partial charge on any atom is -0.455 e. The third-order valence-electron chi connectivity index (χ3n) is 4.11. The Hall–Kier alpha value is -3.52. The summed E-state index contributed by atoms with van der Waals surface area (Å²) >= 11 is 0. The summed E-state index contributed by atoms with van der Waals surface area (Å²) in [7, 11) is 0. The van der Waals surface area contributed by atoms with Crippen LogP contribution in [0, 0.1) is 0 Å². The summed E-state index contributed by atoms with van der Waals surface area (Å²) in [5.41, 5.74) is 3.17. The second kappa shape index (κ2) is 7.58. The van der Waals surface area contributed by atoms with Crippen LogP contribution in [-0.4, -0.2) is 0 Å². The zero-order valence-electron chi connectivity index (χ0n) is 14.3. The van der Waals surface area contributed by atoms with E-state index in [1.54, 1.807) is 0 Å². The van der Waals surface area contributed by atoms with Gasteiger partial charge in [0, 0.05) is 11.4 Å². The molecule has 2 nitrogen and oxygen atoms in total. The molecular formula is C24H19NO. The lowest BCUT2D eigenvalue weighted by molar-refractivity contribution is 0.484. The zero-order valence-corrected chi connectivity index (χ0v) is 14.3. The van der Waals surface area contributed by atoms with E-state index in [1.807, 2.05) is 84.9 Å². The molecule has 0 amide bonds. The molecule has 0 unspecified atom stereocenters. The topological polar surface area (TPSA) is 12.5 Å². The molecule has 0 heterocycles. The summed E-state index contributed by atoms with van der Waals surface area (Å²) in [6.07, 6.45) is 0. The average Bonchev–Trinajstić information content (AvgIpc) is 2.72. The molecule has 0 saturated heterocycles. The fraction of sp³-hybridized carbons (Fsp3) is 0. The van der Waals surface area contributed by atoms with Crippen LogP contribution >= 0.6 is 0 Å². The fourth-order valence-electron chi connectivity index (χ4n) is 2.93. The highest BCUT2D eigenvalue weighted by Crippen LogP contribution is 2.41. The van der Waals surface area contributed by atoms with Gasteiger partial charge < -0.3 is 9.64 Å². The minimum atomic E-state index is 0.811. The van der Waals surface area contributed by atoms with E-state index in [1.165, 1.54) is 0 Å². The number of hydrogen-bond acceptors (Lipinski definition) is 2. The van der Waals surface area contributed by atoms with Crippen LogP contribution in [0.15, 0.2) is 115 Å². The average molecular weight is 337 g/mol. The van der Waals surface area contributed by atoms with E-state index < -0.39 is 0 Å². The van der Waals surface area contributed by atoms with E-state index in [0.29, 0.717) is 0 Å². The van der Waals surface area contributed by atoms with Gasteiger partial charge >= 0.3 is 0 Å². The molecular weight excluding hydrogens is 318 g/mol. The van der Waals surface area contributed by atoms with Gasteiger partial charge in [0.2, 0.25) is 0 Å². The van der Waals surface area contributed by atoms with E-state index in [-0.39, 0.29) is 0 Å². The van der Waals surface area contributed by atoms with E-state index in [0.717, 1.165) is 28.6 Å². The Balaban J connectivity index is 1.82. The van der Waals surface area contributed by atoms with Crippen LogP contribution < -0.4 is 9.64 Å². The van der Waals surface area contributed by atoms with Crippen molar-refractivity contribution in [1.82, 2.24) is 0 Å². The van der Waals surface area contributed by atoms with E-state index in [9.17, 15) is 0 Å². The van der Waals surface area contributed by atoms with Crippen molar-refractivity contribution in [3.8, 4) is 11.5 Å². The predicted molar refractivity (Wildman–Crippen MR) is 108 cm³/mol. The molecule has 0 atom stereocenters. The lowest BCUT2D eigenvalue weighted by Gasteiger charge is -2.27. The zero-order chi connectivity index (χ0) is 17.6. The van der Waals surface area contributed by atoms with Crippen LogP contribution in [-0.2, 0) is 0 Å². The lowest BCUT2D eigenvalue weighted by Crippen LogP contribution is -2.10. The molecule has 0 aliphatic rings. The smallest absolute Gasteiger partial charge is 0.151 e. The molecule has 0 fully saturated rings. The summed E-state index contributed by atoms with van der Waals surface area (Å²) in [4.78, 5) is 2.21. The molecule has 4 rings (SSSR count). The maximum atomic E-state index is 6.19. The van der Waals surface area contributed by atoms with Crippen molar-refractivity contribution >= 4 is 17.1 Å². The van der Waals surface area contributed by atoms with Crippen molar-refractivity contribution in [2.24, 2.45) is 0 Å². The molecule has 0 N–H and O–H groups in total. The fourth-order valence-corrected chi connectivity index (χ4v) is 2.93. The largest absolute Gasteiger partial charge is 0.455 e. The Labute approximate surface area is 153 Å². The van der Waals surface area contributed by atoms with Crippen LogP contribution in [0.5, 0.6) is 11.5 Å². The third kappa shape index (κ3) is 3.45. The Bertz CT molecular complexity index is 913. The number of nitrogens with zero attached hydrogens (tertiary/aromatic N) is 1. The van der Waals surface area contributed by atoms with Gasteiger partial charge in [0.05, 0.1) is 5.69 Å². The van der Waals surface area contributed by atoms with Crippen LogP contribution in [0.25, 0.3) is 0 Å². The van der Waals surface area contributed by atoms with Crippen LogP contribution in [0.4, 0.5) is 17.1 Å². The normalized spacial score (nSPS) is 10.3. The molecule has 2 heteroatoms. The van der Waals surface area contributed by atoms with Crippen molar-refractivity contribution in [1.29, 1.82) is 0 Å². The maximum Gasteiger partial charge on any atom is 0.151 e. The SMILES string of the molecule is c1ccc(Oc2ccccc2N(c2ccccc2)c2ccccc2)cc1. The predicted octanol–water partition coefficient (Wildman–Crippen LogP) is 6.95. The number of ether oxygens (including phenoxy) is 1. The Morgan fingerprint density at radius 3 is 1.50 bits per heavy atom. The molecule has 4 aromatic rings. The number of benzene rings is 4. The Morgan fingerprint density at radius 2 is 0.923 bits per heavy atom. The summed E-state index contributed by atoms with van der Waals surface area (Å²) in [5.74, 6) is 1.63. The van der Waals surface area contributed by atoms with Crippen LogP contribution in [0.3, 0.4) is 0 Å². The van der Waals surface area contributed by atoms with Crippen molar-refractivity contribution in [2.45, 2.75) is 0 Å². The second-order valence-corrected chi connectivity index (χ2v) is 5.89. The van der Waals surface area contributed by atoms with Crippen molar-refractivity contribution < 1.29 is 4.74 Å². The van der Waals surface area contributed by atoms with E-state index >= 15 is 0 Å². The van der Waals surface area contributed by atoms with Gasteiger partial charge in [-0.1, -0.05) is 66.7 Å². The van der Waals surface area contributed by atoms with Gasteiger partial charge in [-0.05, 0) is 48.5 Å². The first-order valence-corrected chi connectivity index (χ1v) is 8.64. The molecule has 0 aliphatic heterocycles. The van der Waals surface area contributed by atoms with Crippen LogP contribution in [0.1, 0.15) is 0 Å². The van der Waals surface area contributed by atoms with Crippen molar-refractivity contribution in [2.75, 3.05) is 4.90 Å². The molecule has 0 bridgehead atoms. The Kier molecular flexibility index (Phi) is 4.66. The van der Waals surface area contributed by atoms with Gasteiger partial charge in [0.15, 0.2) is 5.75 Å². The second-order valence-electron chi connectivity index (χ2n) is 5.89. The maximum absolute atomic E-state index is 6.19. The van der Waals surface area contributed by atoms with Crippen LogP contribution in [0.2, 0.25) is 0 Å². The van der Waals surface area contributed by atoms with Gasteiger partial charge in [-0.3, -0.25) is 0 Å². The van der Waals surface area contributed by atoms with E-state index in [2.05, 4.69) is 35.2 Å². The van der Waals surface area contributed by atoms with Crippen molar-refractivity contribution in [3.05, 3.63) is 115 Å². The minimum absolute atomic E-state index is 0.811. The first-order chi connectivity index (χ1) is 12.9. The number of hydrogen-bond donors (Lipinski definition) is 0. The van der Waals surface area contributed by atoms with Crippen molar-refractivity contribution in [3.63, 3.8) is 0 Å². The number of rotatable bonds is 5. The third-order valence-corrected chi connectivity index (χ3v) is 4.11. The first kappa shape index (κ1) is 16.0. The van der Waals surface area contributed by atoms with E-state index in [4.69, 9.17) is 4.74 Å². The monoisotopic (exact) mass is 337 g/mol. The summed E-state index contributed by atoms with van der Waals surface area (Å²) in [6, 6.07) is 38.6. The molecule has 0 spiro atoms. The molecule has 0 saturated carbocycles. The van der Waals surface area contributed by atoms with Gasteiger partial charge in [-0.2, -0.15) is 0 Å².